The van der Waals surface area contributed by atoms with Crippen LogP contribution < -0.4 is 11.2 Å². The second-order valence-electron chi connectivity index (χ2n) is 6.01. The monoisotopic (exact) mass is 308 g/mol. The quantitative estimate of drug-likeness (QED) is 0.867. The zero-order chi connectivity index (χ0) is 15.4. The van der Waals surface area contributed by atoms with Crippen LogP contribution in [0.2, 0.25) is 5.15 Å². The number of hydrogen-bond donors (Lipinski definition) is 1. The average molecular weight is 309 g/mol. The highest BCUT2D eigenvalue weighted by molar-refractivity contribution is 6.32. The molecule has 1 heterocycles. The molecule has 1 N–H and O–H groups in total. The minimum atomic E-state index is -0.508. The third-order valence-electron chi connectivity index (χ3n) is 3.99. The van der Waals surface area contributed by atoms with Gasteiger partial charge in [0.25, 0.3) is 5.56 Å². The summed E-state index contributed by atoms with van der Waals surface area (Å²) in [6.45, 7) is 3.99. The number of nitrogens with one attached hydrogen (secondary N) is 1. The minimum Gasteiger partial charge on any atom is -0.297 e. The van der Waals surface area contributed by atoms with Crippen LogP contribution in [0.4, 0.5) is 4.39 Å². The van der Waals surface area contributed by atoms with Crippen molar-refractivity contribution in [3.8, 4) is 11.1 Å². The summed E-state index contributed by atoms with van der Waals surface area (Å²) in [7, 11) is 0. The molecule has 1 aromatic carbocycles. The van der Waals surface area contributed by atoms with Gasteiger partial charge in [-0.3, -0.25) is 14.3 Å². The number of benzene rings is 1. The van der Waals surface area contributed by atoms with Gasteiger partial charge in [0.15, 0.2) is 0 Å². The number of rotatable bonds is 2. The topological polar surface area (TPSA) is 54.9 Å². The molecule has 4 nitrogen and oxygen atoms in total. The lowest BCUT2D eigenvalue weighted by Gasteiger charge is -2.10. The van der Waals surface area contributed by atoms with Crippen LogP contribution in [-0.2, 0) is 0 Å². The normalized spacial score (nSPS) is 19.5. The molecule has 2 aromatic rings. The summed E-state index contributed by atoms with van der Waals surface area (Å²) in [5, 5.41) is -0.0219. The molecule has 110 valence electrons. The number of halogens is 2. The summed E-state index contributed by atoms with van der Waals surface area (Å²) in [5.74, 6) is -0.400. The average Bonchev–Trinajstić information content (AvgIpc) is 2.99. The maximum absolute atomic E-state index is 13.0. The zero-order valence-corrected chi connectivity index (χ0v) is 12.4. The van der Waals surface area contributed by atoms with E-state index in [1.54, 1.807) is 0 Å². The Morgan fingerprint density at radius 2 is 1.86 bits per heavy atom. The molecule has 21 heavy (non-hydrogen) atoms. The summed E-state index contributed by atoms with van der Waals surface area (Å²) < 4.78 is 14.2. The number of H-pyrrole nitrogens is 1. The number of nitrogens with zero attached hydrogens (tertiary/aromatic N) is 1. The Labute approximate surface area is 125 Å². The van der Waals surface area contributed by atoms with Gasteiger partial charge >= 0.3 is 5.69 Å². The van der Waals surface area contributed by atoms with Crippen LogP contribution in [-0.4, -0.2) is 9.55 Å². The van der Waals surface area contributed by atoms with E-state index in [0.717, 1.165) is 6.42 Å². The third-order valence-corrected chi connectivity index (χ3v) is 4.28. The maximum Gasteiger partial charge on any atom is 0.329 e. The molecule has 0 bridgehead atoms. The molecule has 1 aromatic heterocycles. The molecular weight excluding hydrogens is 295 g/mol. The van der Waals surface area contributed by atoms with E-state index in [1.807, 2.05) is 13.8 Å². The first kappa shape index (κ1) is 14.1. The van der Waals surface area contributed by atoms with Gasteiger partial charge in [0.1, 0.15) is 11.0 Å². The van der Waals surface area contributed by atoms with Crippen molar-refractivity contribution in [3.05, 3.63) is 56.1 Å². The Kier molecular flexibility index (Phi) is 3.06. The molecule has 1 aliphatic carbocycles. The van der Waals surface area contributed by atoms with Crippen molar-refractivity contribution in [2.45, 2.75) is 26.3 Å². The van der Waals surface area contributed by atoms with Crippen molar-refractivity contribution in [2.24, 2.45) is 5.41 Å². The van der Waals surface area contributed by atoms with Gasteiger partial charge in [-0.2, -0.15) is 0 Å². The molecule has 1 atom stereocenters. The van der Waals surface area contributed by atoms with Gasteiger partial charge < -0.3 is 0 Å². The molecule has 0 spiro atoms. The van der Waals surface area contributed by atoms with Crippen molar-refractivity contribution in [2.75, 3.05) is 0 Å². The molecule has 6 heteroatoms. The summed E-state index contributed by atoms with van der Waals surface area (Å²) in [6.07, 6.45) is 0.764. The summed E-state index contributed by atoms with van der Waals surface area (Å²) >= 11 is 6.01. The van der Waals surface area contributed by atoms with E-state index >= 15 is 0 Å². The maximum atomic E-state index is 13.0. The summed E-state index contributed by atoms with van der Waals surface area (Å²) in [4.78, 5) is 27.2. The first-order valence-electron chi connectivity index (χ1n) is 6.61. The fourth-order valence-corrected chi connectivity index (χ4v) is 2.82. The van der Waals surface area contributed by atoms with Crippen LogP contribution in [0.15, 0.2) is 33.9 Å². The van der Waals surface area contributed by atoms with Crippen LogP contribution >= 0.6 is 11.6 Å². The Morgan fingerprint density at radius 3 is 2.38 bits per heavy atom. The highest BCUT2D eigenvalue weighted by atomic mass is 35.5. The molecule has 0 saturated heterocycles. The van der Waals surface area contributed by atoms with Crippen LogP contribution in [0.1, 0.15) is 26.3 Å². The number of hydrogen-bond acceptors (Lipinski definition) is 2. The summed E-state index contributed by atoms with van der Waals surface area (Å²) in [5.41, 5.74) is -0.351. The molecule has 1 aliphatic rings. The largest absolute Gasteiger partial charge is 0.329 e. The second kappa shape index (κ2) is 4.56. The molecule has 0 aliphatic heterocycles. The number of aromatic amines is 1. The second-order valence-corrected chi connectivity index (χ2v) is 6.39. The third kappa shape index (κ3) is 2.31. The smallest absolute Gasteiger partial charge is 0.297 e. The fourth-order valence-electron chi connectivity index (χ4n) is 2.55. The minimum absolute atomic E-state index is 0.0219. The van der Waals surface area contributed by atoms with Gasteiger partial charge in [-0.15, -0.1) is 0 Å². The van der Waals surface area contributed by atoms with Gasteiger partial charge in [-0.1, -0.05) is 37.6 Å². The predicted octanol–water partition coefficient (Wildman–Crippen LogP) is 2.97. The van der Waals surface area contributed by atoms with E-state index in [0.29, 0.717) is 5.56 Å². The lowest BCUT2D eigenvalue weighted by atomic mass is 10.1. The van der Waals surface area contributed by atoms with E-state index in [1.165, 1.54) is 28.8 Å². The summed E-state index contributed by atoms with van der Waals surface area (Å²) in [6, 6.07) is 5.31. The van der Waals surface area contributed by atoms with Crippen molar-refractivity contribution in [1.29, 1.82) is 0 Å². The molecule has 1 fully saturated rings. The van der Waals surface area contributed by atoms with E-state index in [2.05, 4.69) is 4.98 Å². The fraction of sp³-hybridized carbons (Fsp3) is 0.333. The van der Waals surface area contributed by atoms with Gasteiger partial charge in [0.05, 0.1) is 5.56 Å². The van der Waals surface area contributed by atoms with Gasteiger partial charge in [-0.25, -0.2) is 9.18 Å². The molecule has 0 amide bonds. The first-order valence-corrected chi connectivity index (χ1v) is 6.99. The van der Waals surface area contributed by atoms with Crippen LogP contribution in [0.25, 0.3) is 11.1 Å². The van der Waals surface area contributed by atoms with Crippen molar-refractivity contribution < 1.29 is 4.39 Å². The molecule has 1 unspecified atom stereocenters. The SMILES string of the molecule is CC1(C)CC1n1c(=O)[nH]c(Cl)c(-c2ccc(F)cc2)c1=O. The molecule has 0 radical (unpaired) electrons. The van der Waals surface area contributed by atoms with Crippen molar-refractivity contribution in [3.63, 3.8) is 0 Å². The van der Waals surface area contributed by atoms with E-state index in [-0.39, 0.29) is 22.2 Å². The van der Waals surface area contributed by atoms with Crippen LogP contribution in [0.3, 0.4) is 0 Å². The van der Waals surface area contributed by atoms with Gasteiger partial charge in [0.2, 0.25) is 0 Å². The Balaban J connectivity index is 2.23. The molecule has 3 rings (SSSR count). The van der Waals surface area contributed by atoms with Crippen molar-refractivity contribution in [1.82, 2.24) is 9.55 Å². The highest BCUT2D eigenvalue weighted by Crippen LogP contribution is 2.54. The lowest BCUT2D eigenvalue weighted by Crippen LogP contribution is -2.36. The molecule has 1 saturated carbocycles. The van der Waals surface area contributed by atoms with E-state index < -0.39 is 17.1 Å². The highest BCUT2D eigenvalue weighted by Gasteiger charge is 2.48. The Bertz CT molecular complexity index is 821. The van der Waals surface area contributed by atoms with Crippen LogP contribution in [0, 0.1) is 11.2 Å². The first-order chi connectivity index (χ1) is 9.81. The number of aromatic nitrogens is 2. The van der Waals surface area contributed by atoms with Crippen LogP contribution in [0.5, 0.6) is 0 Å². The van der Waals surface area contributed by atoms with Gasteiger partial charge in [0, 0.05) is 6.04 Å². The van der Waals surface area contributed by atoms with E-state index in [9.17, 15) is 14.0 Å². The van der Waals surface area contributed by atoms with Gasteiger partial charge in [-0.05, 0) is 29.5 Å². The lowest BCUT2D eigenvalue weighted by molar-refractivity contribution is 0.514. The molecular formula is C15H14ClFN2O2. The standard InChI is InChI=1S/C15H14ClFN2O2/c1-15(2)7-10(15)19-13(20)11(12(16)18-14(19)21)8-3-5-9(17)6-4-8/h3-6,10H,7H2,1-2H3,(H,18,21). The zero-order valence-electron chi connectivity index (χ0n) is 11.6. The van der Waals surface area contributed by atoms with E-state index in [4.69, 9.17) is 11.6 Å². The Hall–Kier alpha value is -1.88. The Morgan fingerprint density at radius 1 is 1.29 bits per heavy atom. The van der Waals surface area contributed by atoms with Crippen molar-refractivity contribution >= 4 is 11.6 Å². The predicted molar refractivity (Wildman–Crippen MR) is 79.2 cm³/mol.